The third-order valence-electron chi connectivity index (χ3n) is 2.65. The normalized spacial score (nSPS) is 10.3. The van der Waals surface area contributed by atoms with Crippen LogP contribution in [-0.2, 0) is 0 Å². The Kier molecular flexibility index (Phi) is 4.80. The Hall–Kier alpha value is -1.55. The average Bonchev–Trinajstić information content (AvgIpc) is 2.40. The van der Waals surface area contributed by atoms with E-state index < -0.39 is 0 Å². The van der Waals surface area contributed by atoms with Gasteiger partial charge in [0.25, 0.3) is 0 Å². The Labute approximate surface area is 122 Å². The Balaban J connectivity index is 2.14. The fourth-order valence-electron chi connectivity index (χ4n) is 1.68. The molecule has 1 aromatic carbocycles. The number of pyridine rings is 1. The van der Waals surface area contributed by atoms with Crippen LogP contribution < -0.4 is 10.1 Å². The number of ether oxygens (including phenoxy) is 1. The molecule has 1 N–H and O–H groups in total. The molecule has 0 saturated heterocycles. The van der Waals surface area contributed by atoms with Crippen molar-refractivity contribution in [1.82, 2.24) is 4.98 Å². The third kappa shape index (κ3) is 3.96. The molecule has 2 aromatic rings. The molecule has 0 unspecified atom stereocenters. The number of aromatic nitrogens is 1. The minimum Gasteiger partial charge on any atom is -0.457 e. The number of aryl methyl sites for hydroxylation is 1. The van der Waals surface area contributed by atoms with Gasteiger partial charge in [0.05, 0.1) is 0 Å². The largest absolute Gasteiger partial charge is 0.457 e. The maximum absolute atomic E-state index is 5.88. The topological polar surface area (TPSA) is 34.1 Å². The summed E-state index contributed by atoms with van der Waals surface area (Å²) in [7, 11) is 0. The summed E-state index contributed by atoms with van der Waals surface area (Å²) in [6.45, 7) is 5.06. The van der Waals surface area contributed by atoms with Gasteiger partial charge in [-0.15, -0.1) is 0 Å². The SMILES string of the molecule is CCCNc1cc(Oc2ccc(Br)cc2C)ccn1. The van der Waals surface area contributed by atoms with Crippen molar-refractivity contribution < 1.29 is 4.74 Å². The van der Waals surface area contributed by atoms with Gasteiger partial charge in [0.2, 0.25) is 0 Å². The van der Waals surface area contributed by atoms with Gasteiger partial charge in [0.1, 0.15) is 17.3 Å². The summed E-state index contributed by atoms with van der Waals surface area (Å²) in [5.74, 6) is 2.49. The van der Waals surface area contributed by atoms with E-state index in [1.165, 1.54) is 0 Å². The molecular weight excluding hydrogens is 304 g/mol. The summed E-state index contributed by atoms with van der Waals surface area (Å²) in [6.07, 6.45) is 2.82. The molecule has 100 valence electrons. The number of anilines is 1. The van der Waals surface area contributed by atoms with E-state index in [4.69, 9.17) is 4.74 Å². The lowest BCUT2D eigenvalue weighted by atomic mass is 10.2. The molecule has 19 heavy (non-hydrogen) atoms. The number of rotatable bonds is 5. The number of halogens is 1. The van der Waals surface area contributed by atoms with E-state index in [1.54, 1.807) is 6.20 Å². The molecule has 0 amide bonds. The first-order valence-corrected chi connectivity index (χ1v) is 7.12. The molecule has 0 aliphatic heterocycles. The van der Waals surface area contributed by atoms with Gasteiger partial charge in [0, 0.05) is 23.3 Å². The number of benzene rings is 1. The van der Waals surface area contributed by atoms with Crippen LogP contribution in [0.15, 0.2) is 41.0 Å². The molecule has 0 spiro atoms. The summed E-state index contributed by atoms with van der Waals surface area (Å²) in [6, 6.07) is 9.74. The van der Waals surface area contributed by atoms with Crippen molar-refractivity contribution in [1.29, 1.82) is 0 Å². The highest BCUT2D eigenvalue weighted by molar-refractivity contribution is 9.10. The second-order valence-electron chi connectivity index (χ2n) is 4.32. The minimum atomic E-state index is 0.791. The van der Waals surface area contributed by atoms with Crippen molar-refractivity contribution in [3.8, 4) is 11.5 Å². The van der Waals surface area contributed by atoms with Gasteiger partial charge in [0.15, 0.2) is 0 Å². The smallest absolute Gasteiger partial charge is 0.132 e. The zero-order chi connectivity index (χ0) is 13.7. The van der Waals surface area contributed by atoms with Crippen molar-refractivity contribution in [2.75, 3.05) is 11.9 Å². The van der Waals surface area contributed by atoms with E-state index in [0.29, 0.717) is 0 Å². The fraction of sp³-hybridized carbons (Fsp3) is 0.267. The average molecular weight is 321 g/mol. The highest BCUT2D eigenvalue weighted by Crippen LogP contribution is 2.28. The highest BCUT2D eigenvalue weighted by atomic mass is 79.9. The van der Waals surface area contributed by atoms with E-state index in [0.717, 1.165) is 40.3 Å². The van der Waals surface area contributed by atoms with Crippen LogP contribution in [0.4, 0.5) is 5.82 Å². The van der Waals surface area contributed by atoms with Gasteiger partial charge in [-0.05, 0) is 43.2 Å². The summed E-state index contributed by atoms with van der Waals surface area (Å²) in [5, 5.41) is 3.25. The van der Waals surface area contributed by atoms with Gasteiger partial charge in [-0.1, -0.05) is 22.9 Å². The Morgan fingerprint density at radius 3 is 2.84 bits per heavy atom. The van der Waals surface area contributed by atoms with Crippen molar-refractivity contribution in [2.45, 2.75) is 20.3 Å². The number of nitrogens with zero attached hydrogens (tertiary/aromatic N) is 1. The van der Waals surface area contributed by atoms with Crippen LogP contribution in [0.2, 0.25) is 0 Å². The Bertz CT molecular complexity index is 558. The quantitative estimate of drug-likeness (QED) is 0.861. The van der Waals surface area contributed by atoms with Crippen LogP contribution in [0.3, 0.4) is 0 Å². The molecule has 3 nitrogen and oxygen atoms in total. The van der Waals surface area contributed by atoms with Crippen molar-refractivity contribution in [3.05, 3.63) is 46.6 Å². The summed E-state index contributed by atoms with van der Waals surface area (Å²) < 4.78 is 6.94. The molecular formula is C15H17BrN2O. The van der Waals surface area contributed by atoms with Crippen LogP contribution in [0, 0.1) is 6.92 Å². The van der Waals surface area contributed by atoms with Crippen molar-refractivity contribution >= 4 is 21.7 Å². The molecule has 0 bridgehead atoms. The predicted molar refractivity (Wildman–Crippen MR) is 82.0 cm³/mol. The lowest BCUT2D eigenvalue weighted by Gasteiger charge is -2.10. The Morgan fingerprint density at radius 2 is 2.11 bits per heavy atom. The van der Waals surface area contributed by atoms with Gasteiger partial charge in [-0.3, -0.25) is 0 Å². The van der Waals surface area contributed by atoms with E-state index in [2.05, 4.69) is 33.2 Å². The number of hydrogen-bond acceptors (Lipinski definition) is 3. The second-order valence-corrected chi connectivity index (χ2v) is 5.23. The molecule has 0 fully saturated rings. The zero-order valence-electron chi connectivity index (χ0n) is 11.1. The predicted octanol–water partition coefficient (Wildman–Crippen LogP) is 4.77. The van der Waals surface area contributed by atoms with Gasteiger partial charge in [-0.2, -0.15) is 0 Å². The standard InChI is InChI=1S/C15H17BrN2O/c1-3-7-17-15-10-13(6-8-18-15)19-14-5-4-12(16)9-11(14)2/h4-6,8-10H,3,7H2,1-2H3,(H,17,18). The van der Waals surface area contributed by atoms with Crippen LogP contribution in [0.5, 0.6) is 11.5 Å². The van der Waals surface area contributed by atoms with Crippen LogP contribution in [0.1, 0.15) is 18.9 Å². The van der Waals surface area contributed by atoms with Crippen LogP contribution in [0.25, 0.3) is 0 Å². The first-order chi connectivity index (χ1) is 9.19. The summed E-state index contributed by atoms with van der Waals surface area (Å²) in [4.78, 5) is 4.26. The van der Waals surface area contributed by atoms with E-state index in [9.17, 15) is 0 Å². The molecule has 1 heterocycles. The highest BCUT2D eigenvalue weighted by Gasteiger charge is 2.03. The molecule has 0 aliphatic carbocycles. The molecule has 2 rings (SSSR count). The van der Waals surface area contributed by atoms with E-state index in [-0.39, 0.29) is 0 Å². The third-order valence-corrected chi connectivity index (χ3v) is 3.15. The summed E-state index contributed by atoms with van der Waals surface area (Å²) >= 11 is 3.45. The first kappa shape index (κ1) is 13.9. The monoisotopic (exact) mass is 320 g/mol. The van der Waals surface area contributed by atoms with Gasteiger partial charge < -0.3 is 10.1 Å². The molecule has 0 radical (unpaired) electrons. The summed E-state index contributed by atoms with van der Waals surface area (Å²) in [5.41, 5.74) is 1.09. The second kappa shape index (κ2) is 6.57. The maximum atomic E-state index is 5.88. The van der Waals surface area contributed by atoms with Crippen molar-refractivity contribution in [3.63, 3.8) is 0 Å². The lowest BCUT2D eigenvalue weighted by molar-refractivity contribution is 0.478. The molecule has 0 saturated carbocycles. The van der Waals surface area contributed by atoms with E-state index in [1.807, 2.05) is 37.3 Å². The van der Waals surface area contributed by atoms with Gasteiger partial charge >= 0.3 is 0 Å². The first-order valence-electron chi connectivity index (χ1n) is 6.33. The minimum absolute atomic E-state index is 0.791. The van der Waals surface area contributed by atoms with Crippen LogP contribution in [-0.4, -0.2) is 11.5 Å². The fourth-order valence-corrected chi connectivity index (χ4v) is 2.15. The number of hydrogen-bond donors (Lipinski definition) is 1. The van der Waals surface area contributed by atoms with E-state index >= 15 is 0 Å². The van der Waals surface area contributed by atoms with Crippen molar-refractivity contribution in [2.24, 2.45) is 0 Å². The molecule has 4 heteroatoms. The Morgan fingerprint density at radius 1 is 1.26 bits per heavy atom. The molecule has 0 atom stereocenters. The lowest BCUT2D eigenvalue weighted by Crippen LogP contribution is -2.01. The molecule has 0 aliphatic rings. The molecule has 1 aromatic heterocycles. The van der Waals surface area contributed by atoms with Gasteiger partial charge in [-0.25, -0.2) is 4.98 Å². The maximum Gasteiger partial charge on any atom is 0.132 e. The number of nitrogens with one attached hydrogen (secondary N) is 1. The van der Waals surface area contributed by atoms with Crippen LogP contribution >= 0.6 is 15.9 Å². The zero-order valence-corrected chi connectivity index (χ0v) is 12.7.